The standard InChI is InChI=1S/C28H27N5O3/c1-18-12-22(14-23(13-18)28(35)33-10-8-32(9-11-33)19(2)34)27-24-15-20(4-6-25(24)30-17-31-27)21-5-7-26(36-3)29-16-21/h4-7,12-17H,8-11H2,1-3H3. The van der Waals surface area contributed by atoms with Crippen molar-refractivity contribution in [2.24, 2.45) is 0 Å². The number of carbonyl (C=O) groups excluding carboxylic acids is 2. The van der Waals surface area contributed by atoms with Gasteiger partial charge in [-0.15, -0.1) is 0 Å². The number of carbonyl (C=O) groups is 2. The van der Waals surface area contributed by atoms with Crippen molar-refractivity contribution < 1.29 is 14.3 Å². The number of benzene rings is 2. The number of methoxy groups -OCH3 is 1. The molecule has 36 heavy (non-hydrogen) atoms. The number of rotatable bonds is 4. The topological polar surface area (TPSA) is 88.5 Å². The molecule has 0 N–H and O–H groups in total. The van der Waals surface area contributed by atoms with Crippen molar-refractivity contribution in [3.8, 4) is 28.3 Å². The Morgan fingerprint density at radius 2 is 1.58 bits per heavy atom. The van der Waals surface area contributed by atoms with E-state index >= 15 is 0 Å². The van der Waals surface area contributed by atoms with Crippen LogP contribution in [0.25, 0.3) is 33.3 Å². The van der Waals surface area contributed by atoms with Gasteiger partial charge in [0.1, 0.15) is 6.33 Å². The first-order valence-corrected chi connectivity index (χ1v) is 11.8. The first-order valence-electron chi connectivity index (χ1n) is 11.8. The van der Waals surface area contributed by atoms with Crippen LogP contribution in [-0.4, -0.2) is 69.9 Å². The molecule has 0 saturated carbocycles. The number of ether oxygens (including phenoxy) is 1. The Kier molecular flexibility index (Phi) is 6.33. The van der Waals surface area contributed by atoms with Crippen LogP contribution >= 0.6 is 0 Å². The molecule has 1 fully saturated rings. The second-order valence-corrected chi connectivity index (χ2v) is 8.93. The summed E-state index contributed by atoms with van der Waals surface area (Å²) in [5.74, 6) is 0.565. The van der Waals surface area contributed by atoms with E-state index in [2.05, 4.69) is 21.0 Å². The van der Waals surface area contributed by atoms with E-state index in [4.69, 9.17) is 4.74 Å². The Morgan fingerprint density at radius 3 is 2.28 bits per heavy atom. The number of amides is 2. The number of nitrogens with zero attached hydrogens (tertiary/aromatic N) is 5. The van der Waals surface area contributed by atoms with Gasteiger partial charge in [-0.2, -0.15) is 0 Å². The minimum atomic E-state index is -0.0356. The summed E-state index contributed by atoms with van der Waals surface area (Å²) in [6.45, 7) is 5.70. The molecular formula is C28H27N5O3. The van der Waals surface area contributed by atoms with Crippen molar-refractivity contribution in [2.75, 3.05) is 33.3 Å². The Morgan fingerprint density at radius 1 is 0.833 bits per heavy atom. The van der Waals surface area contributed by atoms with E-state index in [-0.39, 0.29) is 11.8 Å². The summed E-state index contributed by atoms with van der Waals surface area (Å²) in [6, 6.07) is 15.7. The average molecular weight is 482 g/mol. The van der Waals surface area contributed by atoms with E-state index in [0.717, 1.165) is 38.9 Å². The highest BCUT2D eigenvalue weighted by Gasteiger charge is 2.24. The van der Waals surface area contributed by atoms with Crippen LogP contribution in [0.2, 0.25) is 0 Å². The molecule has 5 rings (SSSR count). The van der Waals surface area contributed by atoms with Gasteiger partial charge in [0.15, 0.2) is 0 Å². The summed E-state index contributed by atoms with van der Waals surface area (Å²) < 4.78 is 5.17. The molecule has 0 aliphatic carbocycles. The number of pyridine rings is 1. The number of hydrogen-bond acceptors (Lipinski definition) is 6. The maximum atomic E-state index is 13.3. The predicted octanol–water partition coefficient (Wildman–Crippen LogP) is 3.98. The van der Waals surface area contributed by atoms with Gasteiger partial charge in [0.2, 0.25) is 11.8 Å². The highest BCUT2D eigenvalue weighted by atomic mass is 16.5. The van der Waals surface area contributed by atoms with Crippen molar-refractivity contribution in [3.63, 3.8) is 0 Å². The number of fused-ring (bicyclic) bond motifs is 1. The molecule has 0 spiro atoms. The summed E-state index contributed by atoms with van der Waals surface area (Å²) in [7, 11) is 1.59. The number of aromatic nitrogens is 3. The molecule has 8 heteroatoms. The molecule has 1 aliphatic rings. The molecule has 1 aliphatic heterocycles. The highest BCUT2D eigenvalue weighted by molar-refractivity contribution is 5.99. The minimum absolute atomic E-state index is 0.0356. The van der Waals surface area contributed by atoms with E-state index in [9.17, 15) is 9.59 Å². The summed E-state index contributed by atoms with van der Waals surface area (Å²) in [5.41, 5.74) is 5.97. The van der Waals surface area contributed by atoms with Crippen molar-refractivity contribution in [2.45, 2.75) is 13.8 Å². The third-order valence-corrected chi connectivity index (χ3v) is 6.52. The molecule has 2 aromatic heterocycles. The molecule has 182 valence electrons. The Bertz CT molecular complexity index is 1440. The molecule has 1 saturated heterocycles. The van der Waals surface area contributed by atoms with E-state index in [1.165, 1.54) is 0 Å². The zero-order valence-corrected chi connectivity index (χ0v) is 20.6. The van der Waals surface area contributed by atoms with Gasteiger partial charge >= 0.3 is 0 Å². The highest BCUT2D eigenvalue weighted by Crippen LogP contribution is 2.31. The number of piperazine rings is 1. The second kappa shape index (κ2) is 9.73. The molecule has 0 radical (unpaired) electrons. The Balaban J connectivity index is 1.50. The summed E-state index contributed by atoms with van der Waals surface area (Å²) in [4.78, 5) is 41.9. The van der Waals surface area contributed by atoms with Crippen LogP contribution in [0.4, 0.5) is 0 Å². The lowest BCUT2D eigenvalue weighted by Crippen LogP contribution is -2.50. The third kappa shape index (κ3) is 4.62. The average Bonchev–Trinajstić information content (AvgIpc) is 2.91. The molecule has 2 aromatic carbocycles. The quantitative estimate of drug-likeness (QED) is 0.438. The predicted molar refractivity (Wildman–Crippen MR) is 138 cm³/mol. The maximum absolute atomic E-state index is 13.3. The van der Waals surface area contributed by atoms with Gasteiger partial charge in [0.05, 0.1) is 18.3 Å². The lowest BCUT2D eigenvalue weighted by Gasteiger charge is -2.34. The third-order valence-electron chi connectivity index (χ3n) is 6.52. The normalized spacial score (nSPS) is 13.6. The lowest BCUT2D eigenvalue weighted by molar-refractivity contribution is -0.130. The van der Waals surface area contributed by atoms with Gasteiger partial charge < -0.3 is 14.5 Å². The lowest BCUT2D eigenvalue weighted by atomic mass is 9.98. The largest absolute Gasteiger partial charge is 0.481 e. The monoisotopic (exact) mass is 481 g/mol. The second-order valence-electron chi connectivity index (χ2n) is 8.93. The van der Waals surface area contributed by atoms with E-state index in [1.807, 2.05) is 54.3 Å². The molecule has 0 bridgehead atoms. The molecular weight excluding hydrogens is 454 g/mol. The first-order chi connectivity index (χ1) is 17.4. The van der Waals surface area contributed by atoms with Crippen LogP contribution in [0.3, 0.4) is 0 Å². The van der Waals surface area contributed by atoms with Gasteiger partial charge in [-0.3, -0.25) is 9.59 Å². The van der Waals surface area contributed by atoms with Crippen molar-refractivity contribution in [3.05, 3.63) is 72.2 Å². The van der Waals surface area contributed by atoms with Crippen LogP contribution in [0.15, 0.2) is 61.1 Å². The summed E-state index contributed by atoms with van der Waals surface area (Å²) >= 11 is 0. The van der Waals surface area contributed by atoms with Gasteiger partial charge in [0.25, 0.3) is 5.91 Å². The van der Waals surface area contributed by atoms with Gasteiger partial charge in [0, 0.05) is 67.4 Å². The van der Waals surface area contributed by atoms with E-state index in [0.29, 0.717) is 37.6 Å². The fraction of sp³-hybridized carbons (Fsp3) is 0.250. The zero-order chi connectivity index (χ0) is 25.2. The van der Waals surface area contributed by atoms with Crippen LogP contribution in [0.5, 0.6) is 5.88 Å². The Labute approximate surface area is 209 Å². The first kappa shape index (κ1) is 23.4. The molecule has 3 heterocycles. The Hall–Kier alpha value is -4.33. The number of aryl methyl sites for hydroxylation is 1. The molecule has 0 atom stereocenters. The van der Waals surface area contributed by atoms with Crippen molar-refractivity contribution in [1.29, 1.82) is 0 Å². The van der Waals surface area contributed by atoms with Crippen LogP contribution in [0.1, 0.15) is 22.8 Å². The molecule has 8 nitrogen and oxygen atoms in total. The molecule has 0 unspecified atom stereocenters. The minimum Gasteiger partial charge on any atom is -0.481 e. The number of hydrogen-bond donors (Lipinski definition) is 0. The zero-order valence-electron chi connectivity index (χ0n) is 20.6. The maximum Gasteiger partial charge on any atom is 0.254 e. The fourth-order valence-electron chi connectivity index (χ4n) is 4.59. The van der Waals surface area contributed by atoms with E-state index in [1.54, 1.807) is 31.5 Å². The summed E-state index contributed by atoms with van der Waals surface area (Å²) in [5, 5.41) is 0.893. The van der Waals surface area contributed by atoms with E-state index < -0.39 is 0 Å². The van der Waals surface area contributed by atoms with Crippen LogP contribution in [-0.2, 0) is 4.79 Å². The molecule has 4 aromatic rings. The van der Waals surface area contributed by atoms with Crippen LogP contribution < -0.4 is 4.74 Å². The SMILES string of the molecule is COc1ccc(-c2ccc3ncnc(-c4cc(C)cc(C(=O)N5CCN(C(C)=O)CC5)c4)c3c2)cn1. The van der Waals surface area contributed by atoms with Gasteiger partial charge in [-0.25, -0.2) is 15.0 Å². The van der Waals surface area contributed by atoms with Gasteiger partial charge in [-0.05, 0) is 54.4 Å². The fourth-order valence-corrected chi connectivity index (χ4v) is 4.59. The van der Waals surface area contributed by atoms with Crippen LogP contribution in [0, 0.1) is 6.92 Å². The molecule has 2 amide bonds. The van der Waals surface area contributed by atoms with Crippen molar-refractivity contribution >= 4 is 22.7 Å². The smallest absolute Gasteiger partial charge is 0.254 e. The van der Waals surface area contributed by atoms with Gasteiger partial charge in [-0.1, -0.05) is 6.07 Å². The van der Waals surface area contributed by atoms with Crippen molar-refractivity contribution in [1.82, 2.24) is 24.8 Å². The summed E-state index contributed by atoms with van der Waals surface area (Å²) in [6.07, 6.45) is 3.33.